The van der Waals surface area contributed by atoms with Crippen molar-refractivity contribution in [2.75, 3.05) is 10.6 Å². The number of rotatable bonds is 3. The van der Waals surface area contributed by atoms with E-state index < -0.39 is 12.1 Å². The van der Waals surface area contributed by atoms with Crippen molar-refractivity contribution in [1.29, 1.82) is 0 Å². The highest BCUT2D eigenvalue weighted by molar-refractivity contribution is 6.00. The summed E-state index contributed by atoms with van der Waals surface area (Å²) in [6.07, 6.45) is -0.544. The molecule has 1 aromatic carbocycles. The summed E-state index contributed by atoms with van der Waals surface area (Å²) in [5, 5.41) is 7.85. The van der Waals surface area contributed by atoms with Crippen molar-refractivity contribution in [2.45, 2.75) is 32.9 Å². The van der Waals surface area contributed by atoms with E-state index in [2.05, 4.69) is 16.0 Å². The standard InChI is InChI=1S/C14H17N3O4/c1-7(15-9(3)18)13(19)16-10-4-5-12-11(6-10)17-14(20)8(2)21-12/h4-8H,1-3H3,(H,15,18)(H,16,19)(H,17,20). The molecule has 1 heterocycles. The third kappa shape index (κ3) is 3.50. The highest BCUT2D eigenvalue weighted by Gasteiger charge is 2.24. The molecule has 21 heavy (non-hydrogen) atoms. The first kappa shape index (κ1) is 14.8. The van der Waals surface area contributed by atoms with Crippen molar-refractivity contribution in [3.8, 4) is 5.75 Å². The van der Waals surface area contributed by atoms with Gasteiger partial charge in [-0.05, 0) is 32.0 Å². The van der Waals surface area contributed by atoms with Gasteiger partial charge >= 0.3 is 0 Å². The number of hydrogen-bond acceptors (Lipinski definition) is 4. The molecule has 0 bridgehead atoms. The molecular formula is C14H17N3O4. The van der Waals surface area contributed by atoms with E-state index in [1.165, 1.54) is 6.92 Å². The molecule has 3 amide bonds. The second-order valence-electron chi connectivity index (χ2n) is 4.87. The minimum atomic E-state index is -0.649. The van der Waals surface area contributed by atoms with Crippen LogP contribution >= 0.6 is 0 Å². The molecule has 0 radical (unpaired) electrons. The minimum Gasteiger partial charge on any atom is -0.479 e. The second-order valence-corrected chi connectivity index (χ2v) is 4.87. The summed E-state index contributed by atoms with van der Waals surface area (Å²) in [5.74, 6) is -0.313. The van der Waals surface area contributed by atoms with Crippen LogP contribution in [0.25, 0.3) is 0 Å². The largest absolute Gasteiger partial charge is 0.479 e. The van der Waals surface area contributed by atoms with Gasteiger partial charge in [0.1, 0.15) is 11.8 Å². The zero-order chi connectivity index (χ0) is 15.6. The Kier molecular flexibility index (Phi) is 4.11. The Morgan fingerprint density at radius 3 is 2.76 bits per heavy atom. The molecule has 2 atom stereocenters. The molecule has 1 aromatic rings. The van der Waals surface area contributed by atoms with Gasteiger partial charge < -0.3 is 20.7 Å². The van der Waals surface area contributed by atoms with Crippen molar-refractivity contribution in [3.63, 3.8) is 0 Å². The smallest absolute Gasteiger partial charge is 0.265 e. The van der Waals surface area contributed by atoms with Crippen LogP contribution in [0.1, 0.15) is 20.8 Å². The lowest BCUT2D eigenvalue weighted by molar-refractivity contribution is -0.124. The number of hydrogen-bond donors (Lipinski definition) is 3. The molecule has 0 spiro atoms. The quantitative estimate of drug-likeness (QED) is 0.770. The van der Waals surface area contributed by atoms with E-state index >= 15 is 0 Å². The van der Waals surface area contributed by atoms with Crippen LogP contribution in [-0.4, -0.2) is 29.9 Å². The topological polar surface area (TPSA) is 96.5 Å². The maximum absolute atomic E-state index is 11.9. The first-order chi connectivity index (χ1) is 9.86. The monoisotopic (exact) mass is 291 g/mol. The van der Waals surface area contributed by atoms with E-state index in [-0.39, 0.29) is 17.7 Å². The lowest BCUT2D eigenvalue weighted by Crippen LogP contribution is -2.40. The van der Waals surface area contributed by atoms with Crippen LogP contribution in [0, 0.1) is 0 Å². The van der Waals surface area contributed by atoms with E-state index in [9.17, 15) is 14.4 Å². The predicted molar refractivity (Wildman–Crippen MR) is 77.1 cm³/mol. The van der Waals surface area contributed by atoms with Gasteiger partial charge in [0.25, 0.3) is 5.91 Å². The Bertz CT molecular complexity index is 600. The average Bonchev–Trinajstić information content (AvgIpc) is 2.39. The molecule has 0 saturated carbocycles. The Labute approximate surface area is 122 Å². The van der Waals surface area contributed by atoms with Gasteiger partial charge in [-0.1, -0.05) is 0 Å². The van der Waals surface area contributed by atoms with Crippen LogP contribution in [0.4, 0.5) is 11.4 Å². The van der Waals surface area contributed by atoms with Gasteiger partial charge in [0.2, 0.25) is 11.8 Å². The van der Waals surface area contributed by atoms with Gasteiger partial charge in [0.15, 0.2) is 6.10 Å². The number of fused-ring (bicyclic) bond motifs is 1. The van der Waals surface area contributed by atoms with Crippen molar-refractivity contribution in [1.82, 2.24) is 5.32 Å². The second kappa shape index (κ2) is 5.82. The molecule has 112 valence electrons. The average molecular weight is 291 g/mol. The maximum Gasteiger partial charge on any atom is 0.265 e. The summed E-state index contributed by atoms with van der Waals surface area (Å²) in [4.78, 5) is 34.4. The first-order valence-corrected chi connectivity index (χ1v) is 6.56. The van der Waals surface area contributed by atoms with E-state index in [1.54, 1.807) is 32.0 Å². The van der Waals surface area contributed by atoms with E-state index in [1.807, 2.05) is 0 Å². The summed E-state index contributed by atoms with van der Waals surface area (Å²) in [5.41, 5.74) is 1.01. The number of carbonyl (C=O) groups is 3. The van der Waals surface area contributed by atoms with Crippen molar-refractivity contribution in [2.24, 2.45) is 0 Å². The number of carbonyl (C=O) groups excluding carboxylic acids is 3. The van der Waals surface area contributed by atoms with Crippen LogP contribution in [0.5, 0.6) is 5.75 Å². The molecule has 2 unspecified atom stereocenters. The Morgan fingerprint density at radius 1 is 1.38 bits per heavy atom. The van der Waals surface area contributed by atoms with Crippen molar-refractivity contribution in [3.05, 3.63) is 18.2 Å². The van der Waals surface area contributed by atoms with Crippen LogP contribution in [0.15, 0.2) is 18.2 Å². The summed E-state index contributed by atoms with van der Waals surface area (Å²) < 4.78 is 5.42. The van der Waals surface area contributed by atoms with E-state index in [0.29, 0.717) is 17.1 Å². The van der Waals surface area contributed by atoms with Gasteiger partial charge in [-0.2, -0.15) is 0 Å². The van der Waals surface area contributed by atoms with E-state index in [0.717, 1.165) is 0 Å². The van der Waals surface area contributed by atoms with Gasteiger partial charge in [-0.15, -0.1) is 0 Å². The molecule has 0 saturated heterocycles. The molecule has 1 aliphatic rings. The first-order valence-electron chi connectivity index (χ1n) is 6.56. The van der Waals surface area contributed by atoms with Crippen LogP contribution in [-0.2, 0) is 14.4 Å². The van der Waals surface area contributed by atoms with Gasteiger partial charge in [-0.25, -0.2) is 0 Å². The minimum absolute atomic E-state index is 0.238. The zero-order valence-corrected chi connectivity index (χ0v) is 12.0. The molecule has 7 nitrogen and oxygen atoms in total. The lowest BCUT2D eigenvalue weighted by atomic mass is 10.2. The summed E-state index contributed by atoms with van der Waals surface area (Å²) in [6.45, 7) is 4.58. The fourth-order valence-electron chi connectivity index (χ4n) is 1.91. The van der Waals surface area contributed by atoms with Gasteiger partial charge in [0.05, 0.1) is 5.69 Å². The van der Waals surface area contributed by atoms with Crippen LogP contribution in [0.2, 0.25) is 0 Å². The number of benzene rings is 1. The van der Waals surface area contributed by atoms with Crippen LogP contribution in [0.3, 0.4) is 0 Å². The number of amides is 3. The third-order valence-electron chi connectivity index (χ3n) is 2.99. The number of nitrogens with one attached hydrogen (secondary N) is 3. The number of anilines is 2. The summed E-state index contributed by atoms with van der Waals surface area (Å²) in [6, 6.07) is 4.30. The molecule has 0 aliphatic carbocycles. The fraction of sp³-hybridized carbons (Fsp3) is 0.357. The lowest BCUT2D eigenvalue weighted by Gasteiger charge is -2.24. The predicted octanol–water partition coefficient (Wildman–Crippen LogP) is 0.869. The summed E-state index contributed by atoms with van der Waals surface area (Å²) >= 11 is 0. The Hall–Kier alpha value is -2.57. The van der Waals surface area contributed by atoms with Crippen LogP contribution < -0.4 is 20.7 Å². The van der Waals surface area contributed by atoms with Crippen molar-refractivity contribution >= 4 is 29.1 Å². The van der Waals surface area contributed by atoms with E-state index in [4.69, 9.17) is 4.74 Å². The SMILES string of the molecule is CC(=O)NC(C)C(=O)Nc1ccc2c(c1)NC(=O)C(C)O2. The molecule has 0 fully saturated rings. The molecule has 3 N–H and O–H groups in total. The highest BCUT2D eigenvalue weighted by Crippen LogP contribution is 2.32. The molecule has 1 aliphatic heterocycles. The Morgan fingerprint density at radius 2 is 2.10 bits per heavy atom. The maximum atomic E-state index is 11.9. The van der Waals surface area contributed by atoms with Gasteiger partial charge in [-0.3, -0.25) is 14.4 Å². The third-order valence-corrected chi connectivity index (χ3v) is 2.99. The van der Waals surface area contributed by atoms with Gasteiger partial charge in [0, 0.05) is 12.6 Å². The molecule has 2 rings (SSSR count). The Balaban J connectivity index is 2.09. The normalized spacial score (nSPS) is 17.9. The molecule has 7 heteroatoms. The fourth-order valence-corrected chi connectivity index (χ4v) is 1.91. The molecule has 0 aromatic heterocycles. The number of ether oxygens (including phenoxy) is 1. The zero-order valence-electron chi connectivity index (χ0n) is 12.0. The highest BCUT2D eigenvalue weighted by atomic mass is 16.5. The van der Waals surface area contributed by atoms with Crippen molar-refractivity contribution < 1.29 is 19.1 Å². The summed E-state index contributed by atoms with van der Waals surface area (Å²) in [7, 11) is 0. The molecular weight excluding hydrogens is 274 g/mol.